The molecule has 2 aliphatic rings. The Morgan fingerprint density at radius 2 is 0.600 bits per heavy atom. The summed E-state index contributed by atoms with van der Waals surface area (Å²) >= 11 is 0. The molecule has 0 atom stereocenters. The first-order valence-electron chi connectivity index (χ1n) is 23.2. The normalized spacial score (nSPS) is 15.7. The summed E-state index contributed by atoms with van der Waals surface area (Å²) in [7, 11) is -4.24. The molecule has 0 fully saturated rings. The number of ether oxygens (including phenoxy) is 4. The van der Waals surface area contributed by atoms with E-state index in [4.69, 9.17) is 18.9 Å². The highest BCUT2D eigenvalue weighted by Gasteiger charge is 2.44. The van der Waals surface area contributed by atoms with E-state index in [-0.39, 0.29) is 0 Å². The number of hydrogen-bond donors (Lipinski definition) is 0. The van der Waals surface area contributed by atoms with Crippen LogP contribution in [-0.4, -0.2) is 27.7 Å². The minimum absolute atomic E-state index is 0.504. The molecule has 0 spiro atoms. The van der Waals surface area contributed by atoms with Gasteiger partial charge in [0.05, 0.1) is 0 Å². The van der Waals surface area contributed by atoms with Gasteiger partial charge in [0.25, 0.3) is 11.6 Å². The molecule has 318 valence electrons. The minimum Gasteiger partial charge on any atom is -0.448 e. The zero-order chi connectivity index (χ0) is 43.7. The molecule has 0 unspecified atom stereocenters. The van der Waals surface area contributed by atoms with Crippen molar-refractivity contribution >= 4 is 59.2 Å². The van der Waals surface area contributed by atoms with Crippen molar-refractivity contribution in [2.24, 2.45) is 0 Å². The first kappa shape index (κ1) is 44.0. The van der Waals surface area contributed by atoms with E-state index in [0.717, 1.165) is 103 Å². The van der Waals surface area contributed by atoms with Crippen molar-refractivity contribution < 1.29 is 18.9 Å². The van der Waals surface area contributed by atoms with E-state index in [1.807, 2.05) is 0 Å². The molecule has 0 aromatic heterocycles. The van der Waals surface area contributed by atoms with Gasteiger partial charge in [-0.25, -0.2) is 0 Å². The Labute approximate surface area is 363 Å². The lowest BCUT2D eigenvalue weighted by Crippen LogP contribution is -2.43. The van der Waals surface area contributed by atoms with Crippen LogP contribution in [0.15, 0.2) is 48.5 Å². The highest BCUT2D eigenvalue weighted by molar-refractivity contribution is 6.91. The van der Waals surface area contributed by atoms with Crippen LogP contribution < -0.4 is 18.9 Å². The van der Waals surface area contributed by atoms with Crippen LogP contribution in [0.2, 0.25) is 33.2 Å². The average Bonchev–Trinajstić information content (AvgIpc) is 3.75. The summed E-state index contributed by atoms with van der Waals surface area (Å²) in [4.78, 5) is 0. The molecule has 0 N–H and O–H groups in total. The first-order valence-corrected chi connectivity index (χ1v) is 27.6. The molecule has 5 aromatic carbocycles. The zero-order valence-corrected chi connectivity index (χ0v) is 41.5. The second kappa shape index (κ2) is 16.0. The summed E-state index contributed by atoms with van der Waals surface area (Å²) in [5, 5.41) is 9.03. The van der Waals surface area contributed by atoms with Gasteiger partial charge in [0, 0.05) is 36.8 Å². The summed E-state index contributed by atoms with van der Waals surface area (Å²) in [5.74, 6) is 10.0. The van der Waals surface area contributed by atoms with Crippen molar-refractivity contribution in [3.05, 3.63) is 59.7 Å². The van der Waals surface area contributed by atoms with Crippen molar-refractivity contribution in [3.8, 4) is 45.9 Å². The van der Waals surface area contributed by atoms with Crippen molar-refractivity contribution in [2.75, 3.05) is 0 Å². The van der Waals surface area contributed by atoms with E-state index >= 15 is 0 Å². The summed E-state index contributed by atoms with van der Waals surface area (Å²) in [5.41, 5.74) is 13.5. The van der Waals surface area contributed by atoms with E-state index in [0.29, 0.717) is 33.2 Å². The van der Waals surface area contributed by atoms with Gasteiger partial charge in [0.2, 0.25) is 0 Å². The van der Waals surface area contributed by atoms with Crippen molar-refractivity contribution in [3.63, 3.8) is 0 Å². The van der Waals surface area contributed by atoms with E-state index in [1.54, 1.807) is 0 Å². The molecule has 5 aromatic rings. The second-order valence-electron chi connectivity index (χ2n) is 19.8. The van der Waals surface area contributed by atoms with Crippen LogP contribution in [0.25, 0.3) is 43.1 Å². The fourth-order valence-electron chi connectivity index (χ4n) is 11.4. The van der Waals surface area contributed by atoms with Gasteiger partial charge < -0.3 is 18.9 Å². The molecule has 2 heterocycles. The van der Waals surface area contributed by atoms with Gasteiger partial charge in [-0.3, -0.25) is 0 Å². The van der Waals surface area contributed by atoms with Gasteiger partial charge in [0.1, 0.15) is 16.1 Å². The maximum absolute atomic E-state index is 6.58. The quantitative estimate of drug-likeness (QED) is 0.0798. The zero-order valence-electron chi connectivity index (χ0n) is 39.5. The summed E-state index contributed by atoms with van der Waals surface area (Å²) in [6.45, 7) is 37.3. The number of fused-ring (bicyclic) bond motifs is 6. The van der Waals surface area contributed by atoms with E-state index in [1.165, 1.54) is 0 Å². The SMILES string of the molecule is CCC1(CC)Oc2cc3cc4c(C#C[Si](C(C)C)(C(C)C)C(C)C)c5cc6cc7c(cc6cc5c(C#C[Si](C(C)C)(C(C)C)C(C)C)c4cc3cc2O1)OC(CC)(CC)O7. The predicted molar refractivity (Wildman–Crippen MR) is 261 cm³/mol. The molecule has 0 radical (unpaired) electrons. The van der Waals surface area contributed by atoms with Crippen LogP contribution in [0, 0.1) is 22.9 Å². The predicted octanol–water partition coefficient (Wildman–Crippen LogP) is 16.0. The van der Waals surface area contributed by atoms with E-state index < -0.39 is 27.7 Å². The maximum atomic E-state index is 6.58. The Kier molecular flexibility index (Phi) is 11.7. The Morgan fingerprint density at radius 3 is 0.783 bits per heavy atom. The third kappa shape index (κ3) is 6.89. The molecule has 4 nitrogen and oxygen atoms in total. The first-order chi connectivity index (χ1) is 28.3. The van der Waals surface area contributed by atoms with Gasteiger partial charge in [-0.15, -0.1) is 11.1 Å². The molecule has 2 aliphatic heterocycles. The van der Waals surface area contributed by atoms with Crippen LogP contribution in [0.4, 0.5) is 0 Å². The number of benzene rings is 5. The molecule has 60 heavy (non-hydrogen) atoms. The van der Waals surface area contributed by atoms with Crippen molar-refractivity contribution in [1.29, 1.82) is 0 Å². The number of hydrogen-bond acceptors (Lipinski definition) is 4. The fraction of sp³-hybridized carbons (Fsp3) is 0.519. The smallest absolute Gasteiger partial charge is 0.251 e. The lowest BCUT2D eigenvalue weighted by molar-refractivity contribution is -0.0846. The van der Waals surface area contributed by atoms with Gasteiger partial charge in [-0.05, 0) is 125 Å². The average molecular weight is 839 g/mol. The van der Waals surface area contributed by atoms with Crippen molar-refractivity contribution in [1.82, 2.24) is 0 Å². The van der Waals surface area contributed by atoms with E-state index in [9.17, 15) is 0 Å². The summed E-state index contributed by atoms with van der Waals surface area (Å²) in [6, 6.07) is 18.2. The van der Waals surface area contributed by atoms with Gasteiger partial charge in [-0.1, -0.05) is 123 Å². The molecule has 0 saturated heterocycles. The van der Waals surface area contributed by atoms with Crippen LogP contribution in [0.5, 0.6) is 23.0 Å². The lowest BCUT2D eigenvalue weighted by atomic mass is 9.89. The third-order valence-electron chi connectivity index (χ3n) is 15.0. The highest BCUT2D eigenvalue weighted by atomic mass is 28.3. The standard InChI is InChI=1S/C54H70O4Si2/c1-17-53(18-2)55-49-29-39-25-45-43(21-23-59(33(5)6,34(7)8)35(9)10)47-27-41-31-51-52(58-54(19-3,20-4)57-51)32-42(41)28-48(47)44(46(45)26-40(39)30-50(49)56-53)22-24-60(36(11)12,37(13)14)38(15)16/h25-38H,17-20H2,1-16H3. The van der Waals surface area contributed by atoms with Crippen molar-refractivity contribution in [2.45, 2.75) is 181 Å². The Balaban J connectivity index is 1.66. The lowest BCUT2D eigenvalue weighted by Gasteiger charge is -2.38. The molecule has 6 heteroatoms. The monoisotopic (exact) mass is 838 g/mol. The molecular formula is C54H70O4Si2. The van der Waals surface area contributed by atoms with Gasteiger partial charge in [0.15, 0.2) is 23.0 Å². The molecule has 0 bridgehead atoms. The van der Waals surface area contributed by atoms with Gasteiger partial charge in [-0.2, -0.15) is 0 Å². The molecule has 0 saturated carbocycles. The van der Waals surface area contributed by atoms with Crippen LogP contribution in [0.1, 0.15) is 148 Å². The fourth-order valence-corrected chi connectivity index (χ4v) is 21.9. The Hall–Kier alpha value is -4.11. The van der Waals surface area contributed by atoms with Gasteiger partial charge >= 0.3 is 0 Å². The minimum atomic E-state index is -2.12. The van der Waals surface area contributed by atoms with Crippen LogP contribution >= 0.6 is 0 Å². The Morgan fingerprint density at radius 1 is 0.383 bits per heavy atom. The summed E-state index contributed by atoms with van der Waals surface area (Å²) < 4.78 is 26.3. The largest absolute Gasteiger partial charge is 0.448 e. The Bertz CT molecular complexity index is 2260. The molecular weight excluding hydrogens is 769 g/mol. The third-order valence-corrected chi connectivity index (χ3v) is 27.6. The van der Waals surface area contributed by atoms with Crippen LogP contribution in [-0.2, 0) is 0 Å². The number of rotatable bonds is 10. The second-order valence-corrected chi connectivity index (χ2v) is 30.9. The molecule has 0 amide bonds. The topological polar surface area (TPSA) is 36.9 Å². The van der Waals surface area contributed by atoms with Crippen LogP contribution in [0.3, 0.4) is 0 Å². The summed E-state index contributed by atoms with van der Waals surface area (Å²) in [6.07, 6.45) is 3.08. The highest BCUT2D eigenvalue weighted by Crippen LogP contribution is 2.49. The maximum Gasteiger partial charge on any atom is 0.251 e. The molecule has 7 rings (SSSR count). The molecule has 0 aliphatic carbocycles. The van der Waals surface area contributed by atoms with E-state index in [2.05, 4.69) is 182 Å².